The highest BCUT2D eigenvalue weighted by molar-refractivity contribution is 5.86. The van der Waals surface area contributed by atoms with E-state index in [9.17, 15) is 14.7 Å². The number of aliphatic carboxylic acids is 1. The second-order valence-corrected chi connectivity index (χ2v) is 6.59. The molecule has 21 heavy (non-hydrogen) atoms. The first-order chi connectivity index (χ1) is 9.86. The van der Waals surface area contributed by atoms with Crippen LogP contribution in [0, 0.1) is 0 Å². The van der Waals surface area contributed by atoms with Gasteiger partial charge in [0, 0.05) is 38.8 Å². The van der Waals surface area contributed by atoms with Crippen molar-refractivity contribution in [3.05, 3.63) is 0 Å². The molecule has 0 aromatic carbocycles. The van der Waals surface area contributed by atoms with Crippen LogP contribution in [0.2, 0.25) is 0 Å². The monoisotopic (exact) mass is 297 g/mol. The summed E-state index contributed by atoms with van der Waals surface area (Å²) in [5.41, 5.74) is -1.05. The van der Waals surface area contributed by atoms with Crippen molar-refractivity contribution in [1.29, 1.82) is 0 Å². The van der Waals surface area contributed by atoms with Gasteiger partial charge in [0.1, 0.15) is 5.54 Å². The SMILES string of the molecule is CC(C)N1CCN(C(=O)N2CCCCC2(C)C(=O)O)CC1. The minimum absolute atomic E-state index is 0.108. The van der Waals surface area contributed by atoms with Gasteiger partial charge in [0.05, 0.1) is 0 Å². The van der Waals surface area contributed by atoms with Crippen LogP contribution < -0.4 is 0 Å². The molecular formula is C15H27N3O3. The summed E-state index contributed by atoms with van der Waals surface area (Å²) < 4.78 is 0. The molecule has 0 aromatic rings. The van der Waals surface area contributed by atoms with Crippen LogP contribution in [0.15, 0.2) is 0 Å². The Balaban J connectivity index is 2.04. The molecule has 2 aliphatic heterocycles. The van der Waals surface area contributed by atoms with Gasteiger partial charge in [0.2, 0.25) is 0 Å². The fraction of sp³-hybridized carbons (Fsp3) is 0.867. The molecule has 0 aliphatic carbocycles. The van der Waals surface area contributed by atoms with E-state index in [0.717, 1.165) is 25.9 Å². The number of carbonyl (C=O) groups excluding carboxylic acids is 1. The molecule has 6 nitrogen and oxygen atoms in total. The number of carbonyl (C=O) groups is 2. The van der Waals surface area contributed by atoms with Gasteiger partial charge in [-0.25, -0.2) is 9.59 Å². The maximum atomic E-state index is 12.7. The van der Waals surface area contributed by atoms with Gasteiger partial charge in [0.25, 0.3) is 0 Å². The Hall–Kier alpha value is -1.30. The van der Waals surface area contributed by atoms with E-state index in [1.165, 1.54) is 0 Å². The number of urea groups is 1. The summed E-state index contributed by atoms with van der Waals surface area (Å²) in [7, 11) is 0. The van der Waals surface area contributed by atoms with Crippen LogP contribution in [0.3, 0.4) is 0 Å². The topological polar surface area (TPSA) is 64.1 Å². The lowest BCUT2D eigenvalue weighted by Crippen LogP contribution is -2.62. The van der Waals surface area contributed by atoms with Gasteiger partial charge in [-0.3, -0.25) is 4.90 Å². The van der Waals surface area contributed by atoms with Crippen LogP contribution in [0.5, 0.6) is 0 Å². The Labute approximate surface area is 126 Å². The minimum Gasteiger partial charge on any atom is -0.480 e. The second kappa shape index (κ2) is 6.22. The number of piperidine rings is 1. The zero-order chi connectivity index (χ0) is 15.6. The van der Waals surface area contributed by atoms with Gasteiger partial charge in [-0.05, 0) is 40.0 Å². The van der Waals surface area contributed by atoms with Gasteiger partial charge in [-0.1, -0.05) is 0 Å². The average Bonchev–Trinajstić information content (AvgIpc) is 2.47. The van der Waals surface area contributed by atoms with Gasteiger partial charge in [-0.2, -0.15) is 0 Å². The van der Waals surface area contributed by atoms with Crippen LogP contribution in [-0.2, 0) is 4.79 Å². The van der Waals surface area contributed by atoms with E-state index in [4.69, 9.17) is 0 Å². The quantitative estimate of drug-likeness (QED) is 0.838. The number of likely N-dealkylation sites (tertiary alicyclic amines) is 1. The number of amides is 2. The first kappa shape index (κ1) is 16.1. The summed E-state index contributed by atoms with van der Waals surface area (Å²) in [6.45, 7) is 9.63. The number of carboxylic acid groups (broad SMARTS) is 1. The van der Waals surface area contributed by atoms with Gasteiger partial charge in [0.15, 0.2) is 0 Å². The Morgan fingerprint density at radius 2 is 1.67 bits per heavy atom. The van der Waals surface area contributed by atoms with Crippen LogP contribution in [0.1, 0.15) is 40.0 Å². The highest BCUT2D eigenvalue weighted by atomic mass is 16.4. The maximum Gasteiger partial charge on any atom is 0.329 e. The van der Waals surface area contributed by atoms with Crippen molar-refractivity contribution >= 4 is 12.0 Å². The molecule has 0 radical (unpaired) electrons. The smallest absolute Gasteiger partial charge is 0.329 e. The molecule has 2 fully saturated rings. The molecule has 2 rings (SSSR count). The Kier molecular flexibility index (Phi) is 4.76. The van der Waals surface area contributed by atoms with Crippen molar-refractivity contribution in [1.82, 2.24) is 14.7 Å². The molecule has 1 N–H and O–H groups in total. The van der Waals surface area contributed by atoms with Crippen LogP contribution in [0.4, 0.5) is 4.79 Å². The average molecular weight is 297 g/mol. The summed E-state index contributed by atoms with van der Waals surface area (Å²) in [5.74, 6) is -0.892. The number of hydrogen-bond acceptors (Lipinski definition) is 3. The number of hydrogen-bond donors (Lipinski definition) is 1. The molecule has 2 amide bonds. The van der Waals surface area contributed by atoms with Crippen molar-refractivity contribution in [3.8, 4) is 0 Å². The molecule has 0 bridgehead atoms. The number of rotatable bonds is 2. The van der Waals surface area contributed by atoms with Gasteiger partial charge in [-0.15, -0.1) is 0 Å². The second-order valence-electron chi connectivity index (χ2n) is 6.59. The minimum atomic E-state index is -1.05. The lowest BCUT2D eigenvalue weighted by molar-refractivity contribution is -0.150. The molecule has 1 unspecified atom stereocenters. The molecular weight excluding hydrogens is 270 g/mol. The molecule has 6 heteroatoms. The highest BCUT2D eigenvalue weighted by Crippen LogP contribution is 2.29. The summed E-state index contributed by atoms with van der Waals surface area (Å²) in [6.07, 6.45) is 2.30. The molecule has 0 aromatic heterocycles. The van der Waals surface area contributed by atoms with E-state index in [-0.39, 0.29) is 6.03 Å². The van der Waals surface area contributed by atoms with E-state index < -0.39 is 11.5 Å². The normalized spacial score (nSPS) is 28.0. The first-order valence-electron chi connectivity index (χ1n) is 7.90. The molecule has 0 spiro atoms. The molecule has 120 valence electrons. The van der Waals surface area contributed by atoms with Crippen molar-refractivity contribution in [2.45, 2.75) is 51.6 Å². The van der Waals surface area contributed by atoms with Crippen molar-refractivity contribution in [3.63, 3.8) is 0 Å². The summed E-state index contributed by atoms with van der Waals surface area (Å²) in [6, 6.07) is 0.379. The fourth-order valence-electron chi connectivity index (χ4n) is 3.25. The molecule has 2 heterocycles. The Bertz CT molecular complexity index is 405. The maximum absolute atomic E-state index is 12.7. The first-order valence-corrected chi connectivity index (χ1v) is 7.90. The highest BCUT2D eigenvalue weighted by Gasteiger charge is 2.45. The van der Waals surface area contributed by atoms with Gasteiger partial charge < -0.3 is 14.9 Å². The summed E-state index contributed by atoms with van der Waals surface area (Å²) in [4.78, 5) is 30.0. The fourth-order valence-corrected chi connectivity index (χ4v) is 3.25. The van der Waals surface area contributed by atoms with E-state index in [1.54, 1.807) is 11.8 Å². The van der Waals surface area contributed by atoms with Gasteiger partial charge >= 0.3 is 12.0 Å². The van der Waals surface area contributed by atoms with E-state index >= 15 is 0 Å². The third-order valence-electron chi connectivity index (χ3n) is 4.90. The lowest BCUT2D eigenvalue weighted by atomic mass is 9.89. The Morgan fingerprint density at radius 1 is 1.05 bits per heavy atom. The Morgan fingerprint density at radius 3 is 2.19 bits per heavy atom. The predicted molar refractivity (Wildman–Crippen MR) is 80.3 cm³/mol. The van der Waals surface area contributed by atoms with Crippen molar-refractivity contribution in [2.75, 3.05) is 32.7 Å². The van der Waals surface area contributed by atoms with E-state index in [1.807, 2.05) is 4.90 Å². The predicted octanol–water partition coefficient (Wildman–Crippen LogP) is 1.46. The van der Waals surface area contributed by atoms with E-state index in [2.05, 4.69) is 18.7 Å². The third kappa shape index (κ3) is 3.15. The van der Waals surface area contributed by atoms with Crippen LogP contribution in [-0.4, -0.2) is 76.1 Å². The molecule has 1 atom stereocenters. The zero-order valence-corrected chi connectivity index (χ0v) is 13.3. The largest absolute Gasteiger partial charge is 0.480 e. The van der Waals surface area contributed by atoms with Crippen LogP contribution in [0.25, 0.3) is 0 Å². The third-order valence-corrected chi connectivity index (χ3v) is 4.90. The summed E-state index contributed by atoms with van der Waals surface area (Å²) in [5, 5.41) is 9.51. The standard InChI is InChI=1S/C15H27N3O3/c1-12(2)16-8-10-17(11-9-16)14(21)18-7-5-4-6-15(18,3)13(19)20/h12H,4-11H2,1-3H3,(H,19,20). The molecule has 0 saturated carbocycles. The molecule has 2 aliphatic rings. The van der Waals surface area contributed by atoms with Crippen molar-refractivity contribution in [2.24, 2.45) is 0 Å². The van der Waals surface area contributed by atoms with E-state index in [0.29, 0.717) is 32.1 Å². The zero-order valence-electron chi connectivity index (χ0n) is 13.3. The number of carboxylic acids is 1. The summed E-state index contributed by atoms with van der Waals surface area (Å²) >= 11 is 0. The van der Waals surface area contributed by atoms with Crippen molar-refractivity contribution < 1.29 is 14.7 Å². The lowest BCUT2D eigenvalue weighted by Gasteiger charge is -2.45. The van der Waals surface area contributed by atoms with Crippen LogP contribution >= 0.6 is 0 Å². The number of piperazine rings is 1. The molecule has 2 saturated heterocycles. The number of nitrogens with zero attached hydrogens (tertiary/aromatic N) is 3.